The van der Waals surface area contributed by atoms with E-state index in [1.165, 1.54) is 41.3 Å². The number of rotatable bonds is 6. The maximum Gasteiger partial charge on any atom is 0.312 e. The number of hydrogen-bond donors (Lipinski definition) is 0. The number of carbonyl (C=O) groups is 1. The van der Waals surface area contributed by atoms with Crippen LogP contribution in [0.15, 0.2) is 42.5 Å². The highest BCUT2D eigenvalue weighted by atomic mass is 35.5. The molecule has 0 fully saturated rings. The van der Waals surface area contributed by atoms with E-state index in [1.807, 2.05) is 0 Å². The molecule has 8 heteroatoms. The lowest BCUT2D eigenvalue weighted by molar-refractivity contribution is -0.385. The third-order valence-corrected chi connectivity index (χ3v) is 3.46. The van der Waals surface area contributed by atoms with E-state index in [0.29, 0.717) is 12.2 Å². The predicted molar refractivity (Wildman–Crippen MR) is 88.0 cm³/mol. The van der Waals surface area contributed by atoms with Gasteiger partial charge >= 0.3 is 5.69 Å². The quantitative estimate of drug-likeness (QED) is 0.585. The van der Waals surface area contributed by atoms with Crippen molar-refractivity contribution >= 4 is 28.9 Å². The molecule has 0 radical (unpaired) electrons. The monoisotopic (exact) mass is 352 g/mol. The van der Waals surface area contributed by atoms with Gasteiger partial charge in [0.1, 0.15) is 5.82 Å². The van der Waals surface area contributed by atoms with Crippen LogP contribution >= 0.6 is 11.6 Å². The number of carbonyl (C=O) groups excluding carboxylic acids is 1. The number of halogens is 2. The van der Waals surface area contributed by atoms with Crippen LogP contribution in [0.25, 0.3) is 0 Å². The Bertz CT molecular complexity index is 752. The number of nitrogens with zero attached hydrogens (tertiary/aromatic N) is 2. The Morgan fingerprint density at radius 1 is 1.29 bits per heavy atom. The van der Waals surface area contributed by atoms with Crippen molar-refractivity contribution in [2.45, 2.75) is 6.92 Å². The smallest absolute Gasteiger partial charge is 0.312 e. The third kappa shape index (κ3) is 4.20. The standard InChI is InChI=1S/C16H14ClFN2O4/c1-2-19(13-6-4-12(18)5-7-13)16(21)10-24-15-8-3-11(17)9-14(15)20(22)23/h3-9H,2,10H2,1H3. The number of nitro benzene ring substituents is 1. The van der Waals surface area contributed by atoms with Gasteiger partial charge in [-0.3, -0.25) is 14.9 Å². The van der Waals surface area contributed by atoms with E-state index in [9.17, 15) is 19.3 Å². The average molecular weight is 353 g/mol. The van der Waals surface area contributed by atoms with Crippen LogP contribution < -0.4 is 9.64 Å². The minimum absolute atomic E-state index is 0.0482. The fourth-order valence-electron chi connectivity index (χ4n) is 2.10. The van der Waals surface area contributed by atoms with Crippen molar-refractivity contribution in [2.75, 3.05) is 18.1 Å². The lowest BCUT2D eigenvalue weighted by Gasteiger charge is -2.21. The lowest BCUT2D eigenvalue weighted by atomic mass is 10.2. The molecule has 0 heterocycles. The highest BCUT2D eigenvalue weighted by Gasteiger charge is 2.19. The highest BCUT2D eigenvalue weighted by Crippen LogP contribution is 2.30. The van der Waals surface area contributed by atoms with E-state index in [-0.39, 0.29) is 16.5 Å². The van der Waals surface area contributed by atoms with Gasteiger partial charge in [0, 0.05) is 23.3 Å². The summed E-state index contributed by atoms with van der Waals surface area (Å²) in [4.78, 5) is 24.0. The van der Waals surface area contributed by atoms with E-state index in [4.69, 9.17) is 16.3 Å². The molecule has 0 N–H and O–H groups in total. The van der Waals surface area contributed by atoms with Gasteiger partial charge < -0.3 is 9.64 Å². The zero-order valence-electron chi connectivity index (χ0n) is 12.7. The first-order valence-electron chi connectivity index (χ1n) is 7.05. The normalized spacial score (nSPS) is 10.3. The van der Waals surface area contributed by atoms with Crippen molar-refractivity contribution in [3.8, 4) is 5.75 Å². The lowest BCUT2D eigenvalue weighted by Crippen LogP contribution is -2.34. The molecule has 126 valence electrons. The van der Waals surface area contributed by atoms with Gasteiger partial charge in [0.15, 0.2) is 12.4 Å². The molecule has 2 aromatic carbocycles. The molecule has 0 saturated heterocycles. The molecular formula is C16H14ClFN2O4. The maximum atomic E-state index is 13.0. The molecule has 0 aliphatic rings. The van der Waals surface area contributed by atoms with Crippen molar-refractivity contribution in [3.63, 3.8) is 0 Å². The van der Waals surface area contributed by atoms with E-state index in [0.717, 1.165) is 6.07 Å². The van der Waals surface area contributed by atoms with Crippen LogP contribution in [0.5, 0.6) is 5.75 Å². The number of likely N-dealkylation sites (N-methyl/N-ethyl adjacent to an activating group) is 1. The number of hydrogen-bond acceptors (Lipinski definition) is 4. The van der Waals surface area contributed by atoms with Crippen LogP contribution in [0.4, 0.5) is 15.8 Å². The fourth-order valence-corrected chi connectivity index (χ4v) is 2.26. The molecule has 2 aromatic rings. The van der Waals surface area contributed by atoms with Crippen molar-refractivity contribution in [1.82, 2.24) is 0 Å². The molecule has 0 aromatic heterocycles. The van der Waals surface area contributed by atoms with Gasteiger partial charge in [-0.25, -0.2) is 4.39 Å². The topological polar surface area (TPSA) is 72.7 Å². The van der Waals surface area contributed by atoms with Crippen molar-refractivity contribution in [3.05, 3.63) is 63.4 Å². The van der Waals surface area contributed by atoms with E-state index in [2.05, 4.69) is 0 Å². The van der Waals surface area contributed by atoms with Gasteiger partial charge in [-0.15, -0.1) is 0 Å². The molecule has 0 unspecified atom stereocenters. The summed E-state index contributed by atoms with van der Waals surface area (Å²) in [7, 11) is 0. The summed E-state index contributed by atoms with van der Waals surface area (Å²) >= 11 is 5.72. The number of benzene rings is 2. The number of amides is 1. The molecule has 0 atom stereocenters. The first-order valence-corrected chi connectivity index (χ1v) is 7.43. The van der Waals surface area contributed by atoms with Gasteiger partial charge in [-0.1, -0.05) is 11.6 Å². The Morgan fingerprint density at radius 3 is 2.54 bits per heavy atom. The molecule has 0 bridgehead atoms. The number of ether oxygens (including phenoxy) is 1. The number of anilines is 1. The van der Waals surface area contributed by atoms with E-state index in [1.54, 1.807) is 6.92 Å². The molecule has 24 heavy (non-hydrogen) atoms. The molecule has 0 aliphatic heterocycles. The zero-order chi connectivity index (χ0) is 17.7. The van der Waals surface area contributed by atoms with Gasteiger partial charge in [-0.2, -0.15) is 0 Å². The van der Waals surface area contributed by atoms with Gasteiger partial charge in [-0.05, 0) is 43.3 Å². The Morgan fingerprint density at radius 2 is 1.96 bits per heavy atom. The highest BCUT2D eigenvalue weighted by molar-refractivity contribution is 6.30. The van der Waals surface area contributed by atoms with E-state index < -0.39 is 23.3 Å². The van der Waals surface area contributed by atoms with Gasteiger partial charge in [0.2, 0.25) is 0 Å². The summed E-state index contributed by atoms with van der Waals surface area (Å²) in [5.41, 5.74) is 0.193. The molecule has 1 amide bonds. The molecule has 0 spiro atoms. The largest absolute Gasteiger partial charge is 0.477 e. The summed E-state index contributed by atoms with van der Waals surface area (Å²) in [5.74, 6) is -0.864. The van der Waals surface area contributed by atoms with Crippen LogP contribution in [-0.2, 0) is 4.79 Å². The minimum atomic E-state index is -0.636. The first-order chi connectivity index (χ1) is 11.4. The van der Waals surface area contributed by atoms with Crippen LogP contribution in [0, 0.1) is 15.9 Å². The summed E-state index contributed by atoms with van der Waals surface area (Å²) in [6, 6.07) is 9.36. The maximum absolute atomic E-state index is 13.0. The van der Waals surface area contributed by atoms with Crippen LogP contribution in [0.1, 0.15) is 6.92 Å². The summed E-state index contributed by atoms with van der Waals surface area (Å²) in [5, 5.41) is 11.2. The molecule has 0 saturated carbocycles. The second kappa shape index (κ2) is 7.74. The summed E-state index contributed by atoms with van der Waals surface area (Å²) < 4.78 is 18.3. The molecule has 0 aliphatic carbocycles. The zero-order valence-corrected chi connectivity index (χ0v) is 13.5. The van der Waals surface area contributed by atoms with Crippen molar-refractivity contribution in [1.29, 1.82) is 0 Å². The Kier molecular flexibility index (Phi) is 5.70. The number of nitro groups is 1. The first kappa shape index (κ1) is 17.7. The van der Waals surface area contributed by atoms with E-state index >= 15 is 0 Å². The molecule has 6 nitrogen and oxygen atoms in total. The Hall–Kier alpha value is -2.67. The predicted octanol–water partition coefficient (Wildman–Crippen LogP) is 3.82. The average Bonchev–Trinajstić information content (AvgIpc) is 2.56. The van der Waals surface area contributed by atoms with Gasteiger partial charge in [0.05, 0.1) is 4.92 Å². The van der Waals surface area contributed by atoms with Crippen LogP contribution in [0.2, 0.25) is 5.02 Å². The summed E-state index contributed by atoms with van der Waals surface area (Å²) in [6.07, 6.45) is 0. The minimum Gasteiger partial charge on any atom is -0.477 e. The molecular weight excluding hydrogens is 339 g/mol. The second-order valence-electron chi connectivity index (χ2n) is 4.77. The molecule has 2 rings (SSSR count). The summed E-state index contributed by atoms with van der Waals surface area (Å²) in [6.45, 7) is 1.70. The Balaban J connectivity index is 2.12. The Labute approximate surface area is 142 Å². The van der Waals surface area contributed by atoms with Gasteiger partial charge in [0.25, 0.3) is 5.91 Å². The fraction of sp³-hybridized carbons (Fsp3) is 0.188. The SMILES string of the molecule is CCN(C(=O)COc1ccc(Cl)cc1[N+](=O)[O-])c1ccc(F)cc1. The second-order valence-corrected chi connectivity index (χ2v) is 5.21. The van der Waals surface area contributed by atoms with Crippen LogP contribution in [0.3, 0.4) is 0 Å². The third-order valence-electron chi connectivity index (χ3n) is 3.22. The van der Waals surface area contributed by atoms with Crippen molar-refractivity contribution in [2.24, 2.45) is 0 Å². The van der Waals surface area contributed by atoms with Crippen molar-refractivity contribution < 1.29 is 18.8 Å². The van der Waals surface area contributed by atoms with Crippen LogP contribution in [-0.4, -0.2) is 24.0 Å².